The molecule has 0 unspecified atom stereocenters. The predicted octanol–water partition coefficient (Wildman–Crippen LogP) is 2.36. The maximum absolute atomic E-state index is 13.5. The van der Waals surface area contributed by atoms with E-state index >= 15 is 0 Å². The van der Waals surface area contributed by atoms with Gasteiger partial charge in [0, 0.05) is 44.2 Å². The zero-order valence-electron chi connectivity index (χ0n) is 15.8. The molecular weight excluding hydrogens is 380 g/mol. The van der Waals surface area contributed by atoms with E-state index in [1.54, 1.807) is 12.3 Å². The van der Waals surface area contributed by atoms with Crippen LogP contribution >= 0.6 is 0 Å². The van der Waals surface area contributed by atoms with Crippen LogP contribution in [0.1, 0.15) is 31.4 Å². The highest BCUT2D eigenvalue weighted by Gasteiger charge is 2.49. The Morgan fingerprint density at radius 2 is 1.97 bits per heavy atom. The molecule has 0 radical (unpaired) electrons. The van der Waals surface area contributed by atoms with Crippen LogP contribution in [0.15, 0.2) is 18.3 Å². The number of hydrogen-bond acceptors (Lipinski definition) is 7. The van der Waals surface area contributed by atoms with Gasteiger partial charge in [0.05, 0.1) is 18.6 Å². The highest BCUT2D eigenvalue weighted by atomic mass is 19.3. The zero-order valence-corrected chi connectivity index (χ0v) is 15.8. The van der Waals surface area contributed by atoms with Gasteiger partial charge < -0.3 is 15.0 Å². The van der Waals surface area contributed by atoms with Crippen LogP contribution in [0.4, 0.5) is 20.4 Å². The number of ether oxygens (including phenoxy) is 1. The van der Waals surface area contributed by atoms with Crippen LogP contribution < -0.4 is 10.2 Å². The van der Waals surface area contributed by atoms with E-state index in [4.69, 9.17) is 10.00 Å². The third-order valence-corrected chi connectivity index (χ3v) is 5.87. The molecule has 0 bridgehead atoms. The summed E-state index contributed by atoms with van der Waals surface area (Å²) in [6.45, 7) is 3.27. The molecule has 2 aromatic heterocycles. The number of nitrogens with one attached hydrogen (secondary N) is 1. The molecule has 10 heteroatoms. The van der Waals surface area contributed by atoms with Crippen LogP contribution in [-0.4, -0.2) is 58.0 Å². The second-order valence-electron chi connectivity index (χ2n) is 8.29. The van der Waals surface area contributed by atoms with Crippen molar-refractivity contribution in [1.82, 2.24) is 19.7 Å². The molecule has 0 aromatic carbocycles. The molecule has 0 amide bonds. The summed E-state index contributed by atoms with van der Waals surface area (Å²) < 4.78 is 33.7. The van der Waals surface area contributed by atoms with E-state index < -0.39 is 5.92 Å². The van der Waals surface area contributed by atoms with Crippen molar-refractivity contribution in [3.05, 3.63) is 24.0 Å². The Balaban J connectivity index is 1.40. The van der Waals surface area contributed by atoms with Crippen molar-refractivity contribution in [3.8, 4) is 12.0 Å². The molecular formula is C19H21F2N7O. The van der Waals surface area contributed by atoms with Gasteiger partial charge >= 0.3 is 0 Å². The second-order valence-corrected chi connectivity index (χ2v) is 8.29. The minimum Gasteiger partial charge on any atom is -0.380 e. The average molecular weight is 401 g/mol. The van der Waals surface area contributed by atoms with Crippen LogP contribution in [0.3, 0.4) is 0 Å². The first-order chi connectivity index (χ1) is 13.9. The molecule has 4 heterocycles. The van der Waals surface area contributed by atoms with Crippen molar-refractivity contribution in [2.45, 2.75) is 37.6 Å². The van der Waals surface area contributed by atoms with Crippen molar-refractivity contribution >= 4 is 11.6 Å². The largest absolute Gasteiger partial charge is 0.380 e. The lowest BCUT2D eigenvalue weighted by atomic mass is 9.78. The monoisotopic (exact) mass is 401 g/mol. The topological polar surface area (TPSA) is 91.9 Å². The van der Waals surface area contributed by atoms with Gasteiger partial charge in [-0.15, -0.1) is 0 Å². The number of anilines is 2. The molecule has 2 saturated heterocycles. The first kappa shape index (κ1) is 18.2. The number of nitriles is 1. The Kier molecular flexibility index (Phi) is 4.17. The summed E-state index contributed by atoms with van der Waals surface area (Å²) in [5.41, 5.74) is 0.505. The molecule has 1 aliphatic carbocycles. The number of nitrogens with zero attached hydrogens (tertiary/aromatic N) is 6. The summed E-state index contributed by atoms with van der Waals surface area (Å²) in [5, 5.41) is 16.5. The SMILES string of the molecule is N#Cc1ccn(-c2nc(NC3CCC(F)(F)CC3)cc(N3CC4(COC4)C3)n2)n1. The molecule has 1 saturated carbocycles. The lowest BCUT2D eigenvalue weighted by molar-refractivity contribution is -0.127. The summed E-state index contributed by atoms with van der Waals surface area (Å²) in [7, 11) is 0. The quantitative estimate of drug-likeness (QED) is 0.841. The Hall–Kier alpha value is -2.80. The van der Waals surface area contributed by atoms with Gasteiger partial charge in [0.25, 0.3) is 5.95 Å². The molecule has 152 valence electrons. The fourth-order valence-corrected chi connectivity index (χ4v) is 4.15. The van der Waals surface area contributed by atoms with E-state index in [-0.39, 0.29) is 30.0 Å². The molecule has 29 heavy (non-hydrogen) atoms. The molecule has 3 aliphatic rings. The summed E-state index contributed by atoms with van der Waals surface area (Å²) in [6.07, 6.45) is 2.20. The fourth-order valence-electron chi connectivity index (χ4n) is 4.15. The molecule has 0 atom stereocenters. The number of rotatable bonds is 4. The van der Waals surface area contributed by atoms with Crippen LogP contribution in [0.5, 0.6) is 0 Å². The minimum absolute atomic E-state index is 0.0553. The predicted molar refractivity (Wildman–Crippen MR) is 100 cm³/mol. The number of halogens is 2. The number of alkyl halides is 2. The maximum atomic E-state index is 13.5. The number of aromatic nitrogens is 4. The van der Waals surface area contributed by atoms with Gasteiger partial charge in [-0.25, -0.2) is 13.5 Å². The van der Waals surface area contributed by atoms with Crippen molar-refractivity contribution < 1.29 is 13.5 Å². The third kappa shape index (κ3) is 3.51. The van der Waals surface area contributed by atoms with Gasteiger partial charge in [-0.3, -0.25) is 0 Å². The highest BCUT2D eigenvalue weighted by molar-refractivity contribution is 5.54. The van der Waals surface area contributed by atoms with Gasteiger partial charge in [0.1, 0.15) is 17.7 Å². The van der Waals surface area contributed by atoms with E-state index in [0.717, 1.165) is 32.1 Å². The zero-order chi connectivity index (χ0) is 20.1. The van der Waals surface area contributed by atoms with Crippen molar-refractivity contribution in [1.29, 1.82) is 5.26 Å². The Morgan fingerprint density at radius 1 is 1.21 bits per heavy atom. The van der Waals surface area contributed by atoms with Crippen molar-refractivity contribution in [3.63, 3.8) is 0 Å². The molecule has 1 N–H and O–H groups in total. The first-order valence-corrected chi connectivity index (χ1v) is 9.76. The second kappa shape index (κ2) is 6.62. The fraction of sp³-hybridized carbons (Fsp3) is 0.579. The Labute approximate surface area is 166 Å². The Morgan fingerprint density at radius 3 is 2.59 bits per heavy atom. The molecule has 3 fully saturated rings. The van der Waals surface area contributed by atoms with Gasteiger partial charge in [0.2, 0.25) is 5.92 Å². The maximum Gasteiger partial charge on any atom is 0.254 e. The summed E-state index contributed by atoms with van der Waals surface area (Å²) in [5.74, 6) is -0.886. The normalized spacial score (nSPS) is 22.6. The summed E-state index contributed by atoms with van der Waals surface area (Å²) >= 11 is 0. The lowest BCUT2D eigenvalue weighted by Gasteiger charge is -2.55. The molecule has 5 rings (SSSR count). The number of hydrogen-bond donors (Lipinski definition) is 1. The summed E-state index contributed by atoms with van der Waals surface area (Å²) in [4.78, 5) is 11.3. The smallest absolute Gasteiger partial charge is 0.254 e. The lowest BCUT2D eigenvalue weighted by Crippen LogP contribution is -2.66. The molecule has 1 spiro atoms. The van der Waals surface area contributed by atoms with Crippen LogP contribution in [0, 0.1) is 16.7 Å². The summed E-state index contributed by atoms with van der Waals surface area (Å²) in [6, 6.07) is 5.39. The van der Waals surface area contributed by atoms with Gasteiger partial charge in [-0.05, 0) is 18.9 Å². The minimum atomic E-state index is -2.57. The van der Waals surface area contributed by atoms with E-state index in [2.05, 4.69) is 25.3 Å². The van der Waals surface area contributed by atoms with E-state index in [9.17, 15) is 8.78 Å². The van der Waals surface area contributed by atoms with Crippen LogP contribution in [-0.2, 0) is 4.74 Å². The molecule has 8 nitrogen and oxygen atoms in total. The third-order valence-electron chi connectivity index (χ3n) is 5.87. The van der Waals surface area contributed by atoms with Crippen LogP contribution in [0.2, 0.25) is 0 Å². The molecule has 2 aliphatic heterocycles. The Bertz CT molecular complexity index is 948. The van der Waals surface area contributed by atoms with Gasteiger partial charge in [-0.1, -0.05) is 0 Å². The van der Waals surface area contributed by atoms with E-state index in [1.807, 2.05) is 12.1 Å². The van der Waals surface area contributed by atoms with Gasteiger partial charge in [0.15, 0.2) is 5.69 Å². The van der Waals surface area contributed by atoms with E-state index in [1.165, 1.54) is 4.68 Å². The molecule has 2 aromatic rings. The van der Waals surface area contributed by atoms with Crippen LogP contribution in [0.25, 0.3) is 5.95 Å². The van der Waals surface area contributed by atoms with Crippen molar-refractivity contribution in [2.75, 3.05) is 36.5 Å². The van der Waals surface area contributed by atoms with E-state index in [0.29, 0.717) is 24.6 Å². The van der Waals surface area contributed by atoms with Gasteiger partial charge in [-0.2, -0.15) is 20.3 Å². The highest BCUT2D eigenvalue weighted by Crippen LogP contribution is 2.40. The van der Waals surface area contributed by atoms with Crippen molar-refractivity contribution in [2.24, 2.45) is 5.41 Å². The average Bonchev–Trinajstić information content (AvgIpc) is 3.10. The standard InChI is InChI=1S/C19H21F2N7O/c20-19(21)4-1-13(2-5-19)23-15-7-16(27-9-18(10-27)11-29-12-18)25-17(24-15)28-6-3-14(8-22)26-28/h3,6-7,13H,1-2,4-5,9-12H2,(H,23,24,25). The first-order valence-electron chi connectivity index (χ1n) is 9.76.